The van der Waals surface area contributed by atoms with Crippen LogP contribution in [0, 0.1) is 4.77 Å². The van der Waals surface area contributed by atoms with Crippen molar-refractivity contribution in [3.63, 3.8) is 0 Å². The molecule has 0 bridgehead atoms. The van der Waals surface area contributed by atoms with Gasteiger partial charge in [-0.2, -0.15) is 0 Å². The number of H-pyrrole nitrogens is 1. The molecule has 0 radical (unpaired) electrons. The monoisotopic (exact) mass is 282 g/mol. The summed E-state index contributed by atoms with van der Waals surface area (Å²) in [6, 6.07) is 0. The summed E-state index contributed by atoms with van der Waals surface area (Å²) < 4.78 is 2.70. The lowest BCUT2D eigenvalue weighted by molar-refractivity contribution is 0.705. The lowest BCUT2D eigenvalue weighted by atomic mass is 10.4. The highest BCUT2D eigenvalue weighted by Gasteiger charge is 2.18. The van der Waals surface area contributed by atoms with E-state index in [1.807, 2.05) is 6.92 Å². The summed E-state index contributed by atoms with van der Waals surface area (Å²) in [4.78, 5) is 22.0. The van der Waals surface area contributed by atoms with Crippen LogP contribution in [0.1, 0.15) is 19.8 Å². The molecule has 1 aliphatic rings. The Morgan fingerprint density at radius 1 is 1.44 bits per heavy atom. The van der Waals surface area contributed by atoms with Crippen molar-refractivity contribution in [3.05, 3.63) is 15.1 Å². The number of hydrogen-bond donors (Lipinski definition) is 1. The van der Waals surface area contributed by atoms with Gasteiger partial charge in [0, 0.05) is 19.6 Å². The molecule has 0 saturated carbocycles. The molecule has 1 N–H and O–H groups in total. The van der Waals surface area contributed by atoms with Crippen molar-refractivity contribution in [1.82, 2.24) is 14.5 Å². The minimum Gasteiger partial charge on any atom is -0.348 e. The number of anilines is 1. The molecule has 0 aliphatic carbocycles. The average Bonchev–Trinajstić information content (AvgIpc) is 2.96. The van der Waals surface area contributed by atoms with Crippen molar-refractivity contribution in [2.24, 2.45) is 0 Å². The molecule has 18 heavy (non-hydrogen) atoms. The molecule has 0 aromatic carbocycles. The van der Waals surface area contributed by atoms with E-state index in [0.29, 0.717) is 21.7 Å². The van der Waals surface area contributed by atoms with Gasteiger partial charge in [-0.25, -0.2) is 4.98 Å². The first-order chi connectivity index (χ1) is 8.70. The summed E-state index contributed by atoms with van der Waals surface area (Å²) in [7, 11) is 0. The molecule has 7 heteroatoms. The summed E-state index contributed by atoms with van der Waals surface area (Å²) in [5.41, 5.74) is 0.598. The fraction of sp³-hybridized carbons (Fsp3) is 0.545. The molecule has 2 aromatic rings. The van der Waals surface area contributed by atoms with Crippen LogP contribution >= 0.6 is 23.6 Å². The van der Waals surface area contributed by atoms with E-state index in [9.17, 15) is 4.79 Å². The Balaban J connectivity index is 2.20. The highest BCUT2D eigenvalue weighted by atomic mass is 32.1. The second kappa shape index (κ2) is 4.47. The lowest BCUT2D eigenvalue weighted by Crippen LogP contribution is -2.20. The molecule has 0 unspecified atom stereocenters. The highest BCUT2D eigenvalue weighted by molar-refractivity contribution is 7.71. The number of nitrogens with one attached hydrogen (secondary N) is 1. The third-order valence-corrected chi connectivity index (χ3v) is 4.65. The van der Waals surface area contributed by atoms with E-state index in [2.05, 4.69) is 14.9 Å². The molecule has 96 valence electrons. The SMILES string of the molecule is CCn1c(=S)[nH]c2nc(N3CCCC3)sc2c1=O. The summed E-state index contributed by atoms with van der Waals surface area (Å²) in [5.74, 6) is 0. The van der Waals surface area contributed by atoms with Crippen LogP contribution in [0.25, 0.3) is 10.3 Å². The number of thiazole rings is 1. The Hall–Kier alpha value is -1.21. The molecule has 1 aliphatic heterocycles. The largest absolute Gasteiger partial charge is 0.348 e. The Morgan fingerprint density at radius 3 is 2.83 bits per heavy atom. The fourth-order valence-corrected chi connectivity index (χ4v) is 3.58. The summed E-state index contributed by atoms with van der Waals surface area (Å²) in [6.07, 6.45) is 2.40. The number of fused-ring (bicyclic) bond motifs is 1. The van der Waals surface area contributed by atoms with Crippen LogP contribution in [-0.2, 0) is 6.54 Å². The molecule has 3 heterocycles. The summed E-state index contributed by atoms with van der Waals surface area (Å²) in [6.45, 7) is 4.56. The first-order valence-electron chi connectivity index (χ1n) is 6.09. The first kappa shape index (κ1) is 11.9. The lowest BCUT2D eigenvalue weighted by Gasteiger charge is -2.11. The van der Waals surface area contributed by atoms with Crippen LogP contribution in [-0.4, -0.2) is 27.6 Å². The van der Waals surface area contributed by atoms with E-state index in [-0.39, 0.29) is 5.56 Å². The van der Waals surface area contributed by atoms with Crippen molar-refractivity contribution >= 4 is 39.0 Å². The zero-order valence-corrected chi connectivity index (χ0v) is 11.7. The van der Waals surface area contributed by atoms with E-state index in [4.69, 9.17) is 12.2 Å². The van der Waals surface area contributed by atoms with E-state index in [0.717, 1.165) is 18.2 Å². The zero-order valence-electron chi connectivity index (χ0n) is 10.1. The van der Waals surface area contributed by atoms with Gasteiger partial charge in [0.25, 0.3) is 5.56 Å². The van der Waals surface area contributed by atoms with Crippen LogP contribution in [0.3, 0.4) is 0 Å². The Morgan fingerprint density at radius 2 is 2.17 bits per heavy atom. The molecule has 2 aromatic heterocycles. The van der Waals surface area contributed by atoms with Crippen molar-refractivity contribution in [3.8, 4) is 0 Å². The maximum Gasteiger partial charge on any atom is 0.274 e. The van der Waals surface area contributed by atoms with Gasteiger partial charge in [-0.3, -0.25) is 9.36 Å². The van der Waals surface area contributed by atoms with E-state index in [1.54, 1.807) is 4.57 Å². The number of nitrogens with zero attached hydrogens (tertiary/aromatic N) is 3. The van der Waals surface area contributed by atoms with Crippen molar-refractivity contribution in [2.45, 2.75) is 26.3 Å². The van der Waals surface area contributed by atoms with E-state index >= 15 is 0 Å². The van der Waals surface area contributed by atoms with Crippen molar-refractivity contribution < 1.29 is 0 Å². The van der Waals surface area contributed by atoms with Crippen molar-refractivity contribution in [2.75, 3.05) is 18.0 Å². The quantitative estimate of drug-likeness (QED) is 0.857. The average molecular weight is 282 g/mol. The van der Waals surface area contributed by atoms with Crippen LogP contribution < -0.4 is 10.5 Å². The fourth-order valence-electron chi connectivity index (χ4n) is 2.25. The highest BCUT2D eigenvalue weighted by Crippen LogP contribution is 2.27. The third-order valence-electron chi connectivity index (χ3n) is 3.22. The van der Waals surface area contributed by atoms with Gasteiger partial charge in [0.05, 0.1) is 0 Å². The number of aromatic nitrogens is 3. The third kappa shape index (κ3) is 1.78. The van der Waals surface area contributed by atoms with Crippen LogP contribution in [0.5, 0.6) is 0 Å². The van der Waals surface area contributed by atoms with Gasteiger partial charge in [0.15, 0.2) is 15.5 Å². The van der Waals surface area contributed by atoms with Crippen LogP contribution in [0.4, 0.5) is 5.13 Å². The molecule has 0 atom stereocenters. The van der Waals surface area contributed by atoms with Gasteiger partial charge in [-0.15, -0.1) is 0 Å². The molecule has 0 spiro atoms. The van der Waals surface area contributed by atoms with Gasteiger partial charge < -0.3 is 9.88 Å². The van der Waals surface area contributed by atoms with E-state index in [1.165, 1.54) is 24.2 Å². The number of aromatic amines is 1. The number of rotatable bonds is 2. The summed E-state index contributed by atoms with van der Waals surface area (Å²) in [5, 5.41) is 0.930. The second-order valence-corrected chi connectivity index (χ2v) is 5.71. The summed E-state index contributed by atoms with van der Waals surface area (Å²) >= 11 is 6.63. The molecule has 5 nitrogen and oxygen atoms in total. The molecule has 3 rings (SSSR count). The minimum atomic E-state index is -0.0285. The number of hydrogen-bond acceptors (Lipinski definition) is 5. The molecule has 0 amide bonds. The predicted molar refractivity (Wildman–Crippen MR) is 76.2 cm³/mol. The normalized spacial score (nSPS) is 15.7. The van der Waals surface area contributed by atoms with E-state index < -0.39 is 0 Å². The standard InChI is InChI=1S/C11H14N4OS2/c1-2-15-9(16)7-8(12-10(15)17)13-11(18-7)14-5-3-4-6-14/h2-6H2,1H3,(H,12,17). The smallest absolute Gasteiger partial charge is 0.274 e. The topological polar surface area (TPSA) is 53.9 Å². The molecule has 1 saturated heterocycles. The first-order valence-corrected chi connectivity index (χ1v) is 7.32. The Bertz CT molecular complexity index is 693. The van der Waals surface area contributed by atoms with Gasteiger partial charge in [-0.1, -0.05) is 11.3 Å². The Kier molecular flexibility index (Phi) is 2.95. The maximum absolute atomic E-state index is 12.2. The minimum absolute atomic E-state index is 0.0285. The van der Waals surface area contributed by atoms with Gasteiger partial charge >= 0.3 is 0 Å². The van der Waals surface area contributed by atoms with Crippen LogP contribution in [0.15, 0.2) is 4.79 Å². The molecular formula is C11H14N4OS2. The predicted octanol–water partition coefficient (Wildman–Crippen LogP) is 2.14. The van der Waals surface area contributed by atoms with Gasteiger partial charge in [-0.05, 0) is 32.0 Å². The Labute approximate surface area is 113 Å². The molecule has 1 fully saturated rings. The molecular weight excluding hydrogens is 268 g/mol. The van der Waals surface area contributed by atoms with Crippen molar-refractivity contribution in [1.29, 1.82) is 0 Å². The van der Waals surface area contributed by atoms with Gasteiger partial charge in [0.1, 0.15) is 4.70 Å². The van der Waals surface area contributed by atoms with Crippen LogP contribution in [0.2, 0.25) is 0 Å². The van der Waals surface area contributed by atoms with Gasteiger partial charge in [0.2, 0.25) is 0 Å². The zero-order chi connectivity index (χ0) is 12.7. The second-order valence-electron chi connectivity index (χ2n) is 4.35. The maximum atomic E-state index is 12.2.